The summed E-state index contributed by atoms with van der Waals surface area (Å²) in [6.45, 7) is 2.05. The Balaban J connectivity index is 2.12. The molecule has 0 fully saturated rings. The minimum Gasteiger partial charge on any atom is -0.481 e. The van der Waals surface area contributed by atoms with Gasteiger partial charge in [-0.25, -0.2) is 0 Å². The number of aliphatic carboxylic acids is 1. The van der Waals surface area contributed by atoms with E-state index in [-0.39, 0.29) is 18.5 Å². The van der Waals surface area contributed by atoms with Gasteiger partial charge in [-0.15, -0.1) is 22.7 Å². The third kappa shape index (κ3) is 3.89. The first-order valence-corrected chi connectivity index (χ1v) is 8.37. The van der Waals surface area contributed by atoms with Crippen molar-refractivity contribution in [1.29, 1.82) is 0 Å². The number of hydrogen-bond donors (Lipinski definition) is 2. The number of nitrogens with one attached hydrogen (secondary N) is 1. The first-order valence-electron chi connectivity index (χ1n) is 5.82. The quantitative estimate of drug-likeness (QED) is 0.801. The molecule has 2 aromatic heterocycles. The lowest BCUT2D eigenvalue weighted by Gasteiger charge is -2.21. The van der Waals surface area contributed by atoms with Gasteiger partial charge in [0.2, 0.25) is 0 Å². The molecule has 2 aromatic rings. The summed E-state index contributed by atoms with van der Waals surface area (Å²) < 4.78 is 1.07. The summed E-state index contributed by atoms with van der Waals surface area (Å²) in [6, 6.07) is 5.89. The van der Waals surface area contributed by atoms with Crippen molar-refractivity contribution in [2.45, 2.75) is 25.4 Å². The lowest BCUT2D eigenvalue weighted by molar-refractivity contribution is -0.137. The molecule has 2 rings (SSSR count). The molecule has 0 saturated carbocycles. The van der Waals surface area contributed by atoms with E-state index < -0.39 is 5.97 Å². The molecule has 0 aliphatic carbocycles. The molecule has 0 spiro atoms. The van der Waals surface area contributed by atoms with Crippen molar-refractivity contribution in [3.05, 3.63) is 43.2 Å². The molecule has 0 aliphatic rings. The second kappa shape index (κ2) is 6.65. The molecule has 6 heteroatoms. The largest absolute Gasteiger partial charge is 0.481 e. The monoisotopic (exact) mass is 359 g/mol. The fourth-order valence-corrected chi connectivity index (χ4v) is 4.42. The first-order chi connectivity index (χ1) is 9.08. The highest BCUT2D eigenvalue weighted by atomic mass is 79.9. The Kier molecular flexibility index (Phi) is 5.15. The van der Waals surface area contributed by atoms with Crippen LogP contribution in [0, 0.1) is 0 Å². The number of rotatable bonds is 6. The lowest BCUT2D eigenvalue weighted by atomic mass is 10.1. The molecule has 0 radical (unpaired) electrons. The molecule has 0 aliphatic heterocycles. The van der Waals surface area contributed by atoms with Gasteiger partial charge in [0, 0.05) is 20.3 Å². The smallest absolute Gasteiger partial charge is 0.305 e. The number of hydrogen-bond acceptors (Lipinski definition) is 4. The second-order valence-electron chi connectivity index (χ2n) is 4.19. The predicted molar refractivity (Wildman–Crippen MR) is 82.9 cm³/mol. The van der Waals surface area contributed by atoms with Gasteiger partial charge in [-0.05, 0) is 45.7 Å². The van der Waals surface area contributed by atoms with Crippen molar-refractivity contribution in [2.24, 2.45) is 0 Å². The van der Waals surface area contributed by atoms with E-state index in [1.807, 2.05) is 29.0 Å². The zero-order chi connectivity index (χ0) is 13.8. The number of carboxylic acids is 1. The fraction of sp³-hybridized carbons (Fsp3) is 0.308. The summed E-state index contributed by atoms with van der Waals surface area (Å²) in [5.41, 5.74) is 0. The molecule has 0 saturated heterocycles. The SMILES string of the molecule is CC(NC(CC(=O)O)c1cccs1)c1sccc1Br. The van der Waals surface area contributed by atoms with Crippen molar-refractivity contribution in [1.82, 2.24) is 5.32 Å². The molecule has 0 bridgehead atoms. The molecular formula is C13H14BrNO2S2. The number of thiophene rings is 2. The summed E-state index contributed by atoms with van der Waals surface area (Å²) in [4.78, 5) is 13.2. The molecule has 102 valence electrons. The average Bonchev–Trinajstić information content (AvgIpc) is 2.97. The van der Waals surface area contributed by atoms with Gasteiger partial charge in [-0.3, -0.25) is 4.79 Å². The lowest BCUT2D eigenvalue weighted by Crippen LogP contribution is -2.25. The molecule has 0 amide bonds. The Bertz CT molecular complexity index is 539. The van der Waals surface area contributed by atoms with Gasteiger partial charge in [0.25, 0.3) is 0 Å². The topological polar surface area (TPSA) is 49.3 Å². The minimum atomic E-state index is -0.789. The van der Waals surface area contributed by atoms with Gasteiger partial charge in [-0.1, -0.05) is 6.07 Å². The Morgan fingerprint density at radius 1 is 1.42 bits per heavy atom. The summed E-state index contributed by atoms with van der Waals surface area (Å²) in [5, 5.41) is 16.4. The summed E-state index contributed by atoms with van der Waals surface area (Å²) >= 11 is 6.76. The van der Waals surface area contributed by atoms with E-state index in [1.165, 1.54) is 4.88 Å². The van der Waals surface area contributed by atoms with Gasteiger partial charge in [0.15, 0.2) is 0 Å². The average molecular weight is 360 g/mol. The van der Waals surface area contributed by atoms with E-state index in [0.29, 0.717) is 0 Å². The molecule has 2 unspecified atom stereocenters. The Morgan fingerprint density at radius 2 is 2.21 bits per heavy atom. The Hall–Kier alpha value is -0.690. The van der Waals surface area contributed by atoms with Crippen LogP contribution < -0.4 is 5.32 Å². The standard InChI is InChI=1S/C13H14BrNO2S2/c1-8(13-9(14)4-6-19-13)15-10(7-12(16)17)11-3-2-5-18-11/h2-6,8,10,15H,7H2,1H3,(H,16,17). The molecule has 3 nitrogen and oxygen atoms in total. The third-order valence-electron chi connectivity index (χ3n) is 2.75. The van der Waals surface area contributed by atoms with Crippen molar-refractivity contribution in [3.63, 3.8) is 0 Å². The van der Waals surface area contributed by atoms with Crippen LogP contribution in [0.5, 0.6) is 0 Å². The van der Waals surface area contributed by atoms with E-state index in [2.05, 4.69) is 28.2 Å². The van der Waals surface area contributed by atoms with Crippen LogP contribution in [0.2, 0.25) is 0 Å². The fourth-order valence-electron chi connectivity index (χ4n) is 1.90. The van der Waals surface area contributed by atoms with Crippen LogP contribution in [-0.2, 0) is 4.79 Å². The normalized spacial score (nSPS) is 14.2. The van der Waals surface area contributed by atoms with Gasteiger partial charge >= 0.3 is 5.97 Å². The second-order valence-corrected chi connectivity index (χ2v) is 6.97. The predicted octanol–water partition coefficient (Wildman–Crippen LogP) is 4.44. The van der Waals surface area contributed by atoms with E-state index in [9.17, 15) is 4.79 Å². The van der Waals surface area contributed by atoms with E-state index in [0.717, 1.165) is 9.35 Å². The molecule has 2 heterocycles. The Labute approximate surface area is 128 Å². The van der Waals surface area contributed by atoms with Crippen molar-refractivity contribution >= 4 is 44.6 Å². The number of carbonyl (C=O) groups is 1. The Morgan fingerprint density at radius 3 is 2.74 bits per heavy atom. The summed E-state index contributed by atoms with van der Waals surface area (Å²) in [7, 11) is 0. The maximum absolute atomic E-state index is 11.0. The van der Waals surface area contributed by atoms with Gasteiger partial charge in [0.1, 0.15) is 0 Å². The van der Waals surface area contributed by atoms with Crippen LogP contribution in [0.4, 0.5) is 0 Å². The first kappa shape index (κ1) is 14.7. The molecule has 2 N–H and O–H groups in total. The third-order valence-corrected chi connectivity index (χ3v) is 5.79. The summed E-state index contributed by atoms with van der Waals surface area (Å²) in [5.74, 6) is -0.789. The van der Waals surface area contributed by atoms with E-state index in [1.54, 1.807) is 22.7 Å². The van der Waals surface area contributed by atoms with Crippen LogP contribution in [0.1, 0.15) is 35.2 Å². The van der Waals surface area contributed by atoms with E-state index in [4.69, 9.17) is 5.11 Å². The summed E-state index contributed by atoms with van der Waals surface area (Å²) in [6.07, 6.45) is 0.0911. The highest BCUT2D eigenvalue weighted by molar-refractivity contribution is 9.10. The van der Waals surface area contributed by atoms with E-state index >= 15 is 0 Å². The zero-order valence-corrected chi connectivity index (χ0v) is 13.5. The van der Waals surface area contributed by atoms with Gasteiger partial charge in [-0.2, -0.15) is 0 Å². The maximum atomic E-state index is 11.0. The van der Waals surface area contributed by atoms with Crippen LogP contribution in [0.15, 0.2) is 33.4 Å². The minimum absolute atomic E-state index is 0.0911. The van der Waals surface area contributed by atoms with Crippen LogP contribution in [0.3, 0.4) is 0 Å². The molecule has 19 heavy (non-hydrogen) atoms. The molecular weight excluding hydrogens is 346 g/mol. The zero-order valence-electron chi connectivity index (χ0n) is 10.3. The molecule has 0 aromatic carbocycles. The van der Waals surface area contributed by atoms with Crippen molar-refractivity contribution in [2.75, 3.05) is 0 Å². The van der Waals surface area contributed by atoms with Gasteiger partial charge in [0.05, 0.1) is 12.5 Å². The van der Waals surface area contributed by atoms with Crippen LogP contribution in [-0.4, -0.2) is 11.1 Å². The van der Waals surface area contributed by atoms with Crippen LogP contribution in [0.25, 0.3) is 0 Å². The molecule has 2 atom stereocenters. The maximum Gasteiger partial charge on any atom is 0.305 e. The van der Waals surface area contributed by atoms with Gasteiger partial charge < -0.3 is 10.4 Å². The highest BCUT2D eigenvalue weighted by Crippen LogP contribution is 2.32. The van der Waals surface area contributed by atoms with Crippen LogP contribution >= 0.6 is 38.6 Å². The van der Waals surface area contributed by atoms with Crippen molar-refractivity contribution in [3.8, 4) is 0 Å². The van der Waals surface area contributed by atoms with Crippen molar-refractivity contribution < 1.29 is 9.90 Å². The number of halogens is 1. The highest BCUT2D eigenvalue weighted by Gasteiger charge is 2.20. The number of carboxylic acid groups (broad SMARTS) is 1.